The molecule has 0 unspecified atom stereocenters. The second-order valence-electron chi connectivity index (χ2n) is 5.63. The molecule has 0 aliphatic heterocycles. The van der Waals surface area contributed by atoms with E-state index in [1.165, 1.54) is 23.5 Å². The number of carbonyl (C=O) groups is 1. The number of para-hydroxylation sites is 1. The van der Waals surface area contributed by atoms with Crippen molar-refractivity contribution in [3.63, 3.8) is 0 Å². The standard InChI is InChI=1S/C19H17N3O4S/c1-3-26-17-10-5-4-7-14(17)15-11-27-19(20-15)21-18(23)13-8-6-9-16(12(13)2)22(24)25/h4-11H,3H2,1-2H3,(H,20,21,23). The number of nitro benzene ring substituents is 1. The summed E-state index contributed by atoms with van der Waals surface area (Å²) in [5.41, 5.74) is 2.00. The van der Waals surface area contributed by atoms with Gasteiger partial charge in [-0.15, -0.1) is 11.3 Å². The summed E-state index contributed by atoms with van der Waals surface area (Å²) in [6, 6.07) is 12.0. The Labute approximate surface area is 159 Å². The molecular weight excluding hydrogens is 366 g/mol. The minimum Gasteiger partial charge on any atom is -0.493 e. The lowest BCUT2D eigenvalue weighted by Gasteiger charge is -2.07. The van der Waals surface area contributed by atoms with Crippen molar-refractivity contribution in [2.45, 2.75) is 13.8 Å². The summed E-state index contributed by atoms with van der Waals surface area (Å²) < 4.78 is 5.62. The molecule has 3 aromatic rings. The molecule has 0 bridgehead atoms. The lowest BCUT2D eigenvalue weighted by atomic mass is 10.1. The van der Waals surface area contributed by atoms with Crippen molar-refractivity contribution in [3.8, 4) is 17.0 Å². The van der Waals surface area contributed by atoms with E-state index in [0.29, 0.717) is 23.0 Å². The van der Waals surface area contributed by atoms with Gasteiger partial charge in [0.2, 0.25) is 0 Å². The van der Waals surface area contributed by atoms with E-state index in [9.17, 15) is 14.9 Å². The second kappa shape index (κ2) is 7.96. The Bertz CT molecular complexity index is 1000. The number of nitrogens with one attached hydrogen (secondary N) is 1. The predicted octanol–water partition coefficient (Wildman–Crippen LogP) is 4.68. The summed E-state index contributed by atoms with van der Waals surface area (Å²) in [6.45, 7) is 4.00. The van der Waals surface area contributed by atoms with Crippen molar-refractivity contribution in [2.75, 3.05) is 11.9 Å². The minimum atomic E-state index is -0.502. The van der Waals surface area contributed by atoms with E-state index < -0.39 is 10.8 Å². The highest BCUT2D eigenvalue weighted by Crippen LogP contribution is 2.32. The fourth-order valence-corrected chi connectivity index (χ4v) is 3.35. The van der Waals surface area contributed by atoms with Crippen molar-refractivity contribution in [3.05, 3.63) is 69.1 Å². The van der Waals surface area contributed by atoms with Crippen LogP contribution >= 0.6 is 11.3 Å². The van der Waals surface area contributed by atoms with E-state index >= 15 is 0 Å². The number of rotatable bonds is 6. The van der Waals surface area contributed by atoms with E-state index in [2.05, 4.69) is 10.3 Å². The molecule has 8 heteroatoms. The number of aromatic nitrogens is 1. The maximum atomic E-state index is 12.5. The van der Waals surface area contributed by atoms with Gasteiger partial charge in [-0.05, 0) is 32.0 Å². The molecule has 0 fully saturated rings. The highest BCUT2D eigenvalue weighted by molar-refractivity contribution is 7.14. The zero-order valence-electron chi connectivity index (χ0n) is 14.8. The van der Waals surface area contributed by atoms with Crippen LogP contribution in [0.1, 0.15) is 22.8 Å². The Hall–Kier alpha value is -3.26. The first-order valence-electron chi connectivity index (χ1n) is 8.24. The molecule has 27 heavy (non-hydrogen) atoms. The largest absolute Gasteiger partial charge is 0.493 e. The summed E-state index contributed by atoms with van der Waals surface area (Å²) >= 11 is 1.28. The average Bonchev–Trinajstić information content (AvgIpc) is 3.10. The third-order valence-corrected chi connectivity index (χ3v) is 4.69. The van der Waals surface area contributed by atoms with E-state index in [4.69, 9.17) is 4.74 Å². The molecule has 138 valence electrons. The molecule has 0 aliphatic carbocycles. The fraction of sp³-hybridized carbons (Fsp3) is 0.158. The zero-order valence-corrected chi connectivity index (χ0v) is 15.6. The Morgan fingerprint density at radius 3 is 2.78 bits per heavy atom. The van der Waals surface area contributed by atoms with Gasteiger partial charge in [0.1, 0.15) is 5.75 Å². The predicted molar refractivity (Wildman–Crippen MR) is 105 cm³/mol. The van der Waals surface area contributed by atoms with Crippen LogP contribution in [-0.4, -0.2) is 22.4 Å². The summed E-state index contributed by atoms with van der Waals surface area (Å²) in [5.74, 6) is 0.285. The number of ether oxygens (including phenoxy) is 1. The summed E-state index contributed by atoms with van der Waals surface area (Å²) in [4.78, 5) is 27.5. The number of amides is 1. The average molecular weight is 383 g/mol. The highest BCUT2D eigenvalue weighted by Gasteiger charge is 2.19. The molecule has 1 aromatic heterocycles. The molecule has 0 radical (unpaired) electrons. The monoisotopic (exact) mass is 383 g/mol. The number of nitro groups is 1. The van der Waals surface area contributed by atoms with Crippen molar-refractivity contribution < 1.29 is 14.5 Å². The van der Waals surface area contributed by atoms with Crippen LogP contribution < -0.4 is 10.1 Å². The number of thiazole rings is 1. The van der Waals surface area contributed by atoms with Gasteiger partial charge in [-0.25, -0.2) is 4.98 Å². The molecular formula is C19H17N3O4S. The number of anilines is 1. The van der Waals surface area contributed by atoms with Gasteiger partial charge in [0, 0.05) is 28.1 Å². The Kier molecular flexibility index (Phi) is 5.46. The minimum absolute atomic E-state index is 0.0897. The Morgan fingerprint density at radius 1 is 1.26 bits per heavy atom. The summed E-state index contributed by atoms with van der Waals surface area (Å²) in [5, 5.41) is 16.0. The number of hydrogen-bond donors (Lipinski definition) is 1. The van der Waals surface area contributed by atoms with Crippen LogP contribution in [-0.2, 0) is 0 Å². The van der Waals surface area contributed by atoms with Crippen LogP contribution in [0, 0.1) is 17.0 Å². The molecule has 1 amide bonds. The third-order valence-electron chi connectivity index (χ3n) is 3.93. The zero-order chi connectivity index (χ0) is 19.4. The van der Waals surface area contributed by atoms with Crippen molar-refractivity contribution in [2.24, 2.45) is 0 Å². The molecule has 2 aromatic carbocycles. The van der Waals surface area contributed by atoms with Gasteiger partial charge < -0.3 is 4.74 Å². The SMILES string of the molecule is CCOc1ccccc1-c1csc(NC(=O)c2cccc([N+](=O)[O-])c2C)n1. The molecule has 1 heterocycles. The van der Waals surface area contributed by atoms with Gasteiger partial charge in [-0.2, -0.15) is 0 Å². The number of hydrogen-bond acceptors (Lipinski definition) is 6. The van der Waals surface area contributed by atoms with Gasteiger partial charge in [-0.1, -0.05) is 18.2 Å². The van der Waals surface area contributed by atoms with Crippen LogP contribution in [0.2, 0.25) is 0 Å². The molecule has 7 nitrogen and oxygen atoms in total. The Morgan fingerprint density at radius 2 is 2.04 bits per heavy atom. The van der Waals surface area contributed by atoms with Gasteiger partial charge in [0.05, 0.1) is 17.2 Å². The first kappa shape index (κ1) is 18.5. The summed E-state index contributed by atoms with van der Waals surface area (Å²) in [6.07, 6.45) is 0. The molecule has 0 aliphatic rings. The van der Waals surface area contributed by atoms with E-state index in [1.807, 2.05) is 36.6 Å². The van der Waals surface area contributed by atoms with Crippen molar-refractivity contribution in [1.82, 2.24) is 4.98 Å². The smallest absolute Gasteiger partial charge is 0.273 e. The van der Waals surface area contributed by atoms with Crippen molar-refractivity contribution in [1.29, 1.82) is 0 Å². The molecule has 1 N–H and O–H groups in total. The quantitative estimate of drug-likeness (QED) is 0.493. The van der Waals surface area contributed by atoms with Gasteiger partial charge in [-0.3, -0.25) is 20.2 Å². The maximum absolute atomic E-state index is 12.5. The lowest BCUT2D eigenvalue weighted by Crippen LogP contribution is -2.14. The molecule has 0 saturated carbocycles. The van der Waals surface area contributed by atoms with Gasteiger partial charge in [0.25, 0.3) is 11.6 Å². The number of benzene rings is 2. The van der Waals surface area contributed by atoms with Crippen LogP contribution in [0.4, 0.5) is 10.8 Å². The molecule has 0 spiro atoms. The molecule has 0 atom stereocenters. The first-order valence-corrected chi connectivity index (χ1v) is 9.12. The van der Waals surface area contributed by atoms with Crippen LogP contribution in [0.25, 0.3) is 11.3 Å². The highest BCUT2D eigenvalue weighted by atomic mass is 32.1. The number of nitrogens with zero attached hydrogens (tertiary/aromatic N) is 2. The topological polar surface area (TPSA) is 94.4 Å². The normalized spacial score (nSPS) is 10.4. The maximum Gasteiger partial charge on any atom is 0.273 e. The van der Waals surface area contributed by atoms with Gasteiger partial charge >= 0.3 is 0 Å². The molecule has 3 rings (SSSR count). The van der Waals surface area contributed by atoms with Crippen LogP contribution in [0.3, 0.4) is 0 Å². The second-order valence-corrected chi connectivity index (χ2v) is 6.49. The third kappa shape index (κ3) is 3.95. The van der Waals surface area contributed by atoms with Gasteiger partial charge in [0.15, 0.2) is 5.13 Å². The molecule has 0 saturated heterocycles. The van der Waals surface area contributed by atoms with Crippen LogP contribution in [0.5, 0.6) is 5.75 Å². The van der Waals surface area contributed by atoms with E-state index in [1.54, 1.807) is 13.0 Å². The number of carbonyl (C=O) groups excluding carboxylic acids is 1. The van der Waals surface area contributed by atoms with Crippen LogP contribution in [0.15, 0.2) is 47.8 Å². The van der Waals surface area contributed by atoms with E-state index in [0.717, 1.165) is 11.3 Å². The van der Waals surface area contributed by atoms with E-state index in [-0.39, 0.29) is 11.3 Å². The van der Waals surface area contributed by atoms with Crippen molar-refractivity contribution >= 4 is 28.1 Å². The Balaban J connectivity index is 1.84. The lowest BCUT2D eigenvalue weighted by molar-refractivity contribution is -0.385. The summed E-state index contributed by atoms with van der Waals surface area (Å²) in [7, 11) is 0. The fourth-order valence-electron chi connectivity index (χ4n) is 2.65. The first-order chi connectivity index (χ1) is 13.0.